The predicted octanol–water partition coefficient (Wildman–Crippen LogP) is 6.74. The average Bonchev–Trinajstić information content (AvgIpc) is 3.65. The number of hydrogen-bond donors (Lipinski definition) is 0. The van der Waals surface area contributed by atoms with E-state index in [0.29, 0.717) is 47.7 Å². The first kappa shape index (κ1) is 31.0. The van der Waals surface area contributed by atoms with Crippen molar-refractivity contribution in [3.63, 3.8) is 0 Å². The van der Waals surface area contributed by atoms with E-state index in [1.54, 1.807) is 17.9 Å². The molecule has 3 fully saturated rings. The molecule has 3 heterocycles. The van der Waals surface area contributed by atoms with Gasteiger partial charge in [0.15, 0.2) is 0 Å². The highest BCUT2D eigenvalue weighted by atomic mass is 19.4. The second-order valence-electron chi connectivity index (χ2n) is 11.9. The van der Waals surface area contributed by atoms with E-state index in [1.165, 1.54) is 36.3 Å². The molecule has 2 amide bonds. The summed E-state index contributed by atoms with van der Waals surface area (Å²) in [5, 5.41) is 0. The smallest absolute Gasteiger partial charge is 0.313 e. The summed E-state index contributed by atoms with van der Waals surface area (Å²) in [5.41, 5.74) is -3.32. The van der Waals surface area contributed by atoms with Gasteiger partial charge in [-0.05, 0) is 92.2 Å². The first-order valence-electron chi connectivity index (χ1n) is 14.5. The summed E-state index contributed by atoms with van der Waals surface area (Å²) in [5.74, 6) is -0.983. The number of alkyl halides is 6. The van der Waals surface area contributed by atoms with E-state index in [9.17, 15) is 40.3 Å². The molecule has 3 aliphatic rings. The van der Waals surface area contributed by atoms with Crippen LogP contribution in [0.15, 0.2) is 48.7 Å². The predicted molar refractivity (Wildman–Crippen MR) is 152 cm³/mol. The largest absolute Gasteiger partial charge is 0.416 e. The summed E-state index contributed by atoms with van der Waals surface area (Å²) >= 11 is 0. The second kappa shape index (κ2) is 10.8. The van der Waals surface area contributed by atoms with Crippen molar-refractivity contribution >= 4 is 23.3 Å². The number of hydrogen-bond acceptors (Lipinski definition) is 4. The van der Waals surface area contributed by atoms with E-state index >= 15 is 0 Å². The fourth-order valence-corrected chi connectivity index (χ4v) is 6.53. The van der Waals surface area contributed by atoms with Crippen molar-refractivity contribution in [3.05, 3.63) is 76.7 Å². The van der Waals surface area contributed by atoms with Crippen LogP contribution in [0.1, 0.15) is 47.9 Å². The Balaban J connectivity index is 1.42. The summed E-state index contributed by atoms with van der Waals surface area (Å²) in [7, 11) is 1.38. The van der Waals surface area contributed by atoms with Gasteiger partial charge in [-0.2, -0.15) is 26.3 Å². The molecular weight excluding hydrogens is 605 g/mol. The van der Waals surface area contributed by atoms with Gasteiger partial charge >= 0.3 is 12.4 Å². The highest BCUT2D eigenvalue weighted by Gasteiger charge is 2.54. The Hall–Kier alpha value is -4.00. The minimum atomic E-state index is -5.06. The van der Waals surface area contributed by atoms with Gasteiger partial charge in [-0.25, -0.2) is 9.37 Å². The first-order chi connectivity index (χ1) is 21.1. The molecule has 1 atom stereocenters. The minimum Gasteiger partial charge on any atom is -0.313 e. The number of anilines is 2. The molecule has 1 saturated carbocycles. The van der Waals surface area contributed by atoms with Crippen LogP contribution in [0.4, 0.5) is 42.2 Å². The molecule has 238 valence electrons. The molecule has 3 aromatic rings. The zero-order valence-electron chi connectivity index (χ0n) is 24.4. The third kappa shape index (κ3) is 5.55. The van der Waals surface area contributed by atoms with Crippen LogP contribution in [0.2, 0.25) is 0 Å². The highest BCUT2D eigenvalue weighted by molar-refractivity contribution is 6.06. The molecule has 0 radical (unpaired) electrons. The van der Waals surface area contributed by atoms with Gasteiger partial charge in [-0.1, -0.05) is 6.07 Å². The number of benzene rings is 2. The van der Waals surface area contributed by atoms with Gasteiger partial charge in [0, 0.05) is 25.7 Å². The van der Waals surface area contributed by atoms with E-state index in [4.69, 9.17) is 0 Å². The number of amides is 2. The standard InChI is InChI=1S/C32H29F7N4O2/c1-18-12-22(33)5-6-23(18)24-16-27(43-11-10-42-9-3-4-25(42)28(43)44)40-17-26(24)41(2)29(45)30(7-8-30)19-13-20(31(34,35)36)15-21(14-19)32(37,38)39/h5-6,12-17,25H,3-4,7-11H2,1-2H3/t25-/m1/s1. The number of likely N-dealkylation sites (N-methyl/N-ethyl adjacent to an activating group) is 1. The van der Waals surface area contributed by atoms with E-state index in [1.807, 2.05) is 0 Å². The highest BCUT2D eigenvalue weighted by Crippen LogP contribution is 2.52. The van der Waals surface area contributed by atoms with Crippen LogP contribution >= 0.6 is 0 Å². The number of carbonyl (C=O) groups excluding carboxylic acids is 2. The number of fused-ring (bicyclic) bond motifs is 1. The molecule has 6 nitrogen and oxygen atoms in total. The quantitative estimate of drug-likeness (QED) is 0.292. The number of aromatic nitrogens is 1. The number of rotatable bonds is 5. The fourth-order valence-electron chi connectivity index (χ4n) is 6.53. The Kier molecular flexibility index (Phi) is 7.45. The van der Waals surface area contributed by atoms with Gasteiger partial charge in [-0.3, -0.25) is 19.4 Å². The molecule has 45 heavy (non-hydrogen) atoms. The molecule has 2 saturated heterocycles. The van der Waals surface area contributed by atoms with Crippen molar-refractivity contribution in [2.45, 2.75) is 56.4 Å². The lowest BCUT2D eigenvalue weighted by Gasteiger charge is -2.36. The Morgan fingerprint density at radius 2 is 1.60 bits per heavy atom. The summed E-state index contributed by atoms with van der Waals surface area (Å²) in [6, 6.07) is 6.66. The van der Waals surface area contributed by atoms with Crippen molar-refractivity contribution in [2.24, 2.45) is 0 Å². The molecule has 0 bridgehead atoms. The maximum atomic E-state index is 14.1. The van der Waals surface area contributed by atoms with Crippen molar-refractivity contribution < 1.29 is 40.3 Å². The van der Waals surface area contributed by atoms with Crippen LogP contribution in [0.5, 0.6) is 0 Å². The Morgan fingerprint density at radius 1 is 0.933 bits per heavy atom. The van der Waals surface area contributed by atoms with Crippen LogP contribution in [-0.4, -0.2) is 54.4 Å². The molecule has 1 aromatic heterocycles. The molecule has 1 aliphatic carbocycles. The molecular formula is C32H29F7N4O2. The summed E-state index contributed by atoms with van der Waals surface area (Å²) in [6.45, 7) is 3.54. The van der Waals surface area contributed by atoms with Gasteiger partial charge < -0.3 is 4.90 Å². The van der Waals surface area contributed by atoms with Gasteiger partial charge in [0.1, 0.15) is 11.6 Å². The normalized spacial score (nSPS) is 19.9. The van der Waals surface area contributed by atoms with Gasteiger partial charge in [0.25, 0.3) is 0 Å². The minimum absolute atomic E-state index is 0.0402. The van der Waals surface area contributed by atoms with E-state index < -0.39 is 40.6 Å². The third-order valence-corrected chi connectivity index (χ3v) is 9.11. The van der Waals surface area contributed by atoms with Crippen LogP contribution in [0.25, 0.3) is 11.1 Å². The van der Waals surface area contributed by atoms with Crippen LogP contribution in [-0.2, 0) is 27.4 Å². The zero-order valence-corrected chi connectivity index (χ0v) is 24.4. The molecule has 0 N–H and O–H groups in total. The molecule has 2 aromatic carbocycles. The SMILES string of the molecule is Cc1cc(F)ccc1-c1cc(N2CCN3CCC[C@@H]3C2=O)ncc1N(C)C(=O)C1(c2cc(C(F)(F)F)cc(C(F)(F)F)c2)CC1. The number of pyridine rings is 1. The number of carbonyl (C=O) groups is 2. The maximum absolute atomic E-state index is 14.1. The van der Waals surface area contributed by atoms with E-state index in [0.717, 1.165) is 19.4 Å². The number of piperazine rings is 1. The van der Waals surface area contributed by atoms with E-state index in [2.05, 4.69) is 9.88 Å². The Morgan fingerprint density at radius 3 is 2.20 bits per heavy atom. The summed E-state index contributed by atoms with van der Waals surface area (Å²) in [4.78, 5) is 36.8. The number of halogens is 7. The maximum Gasteiger partial charge on any atom is 0.416 e. The van der Waals surface area contributed by atoms with Crippen molar-refractivity contribution in [2.75, 3.05) is 36.5 Å². The van der Waals surface area contributed by atoms with Gasteiger partial charge in [0.2, 0.25) is 11.8 Å². The first-order valence-corrected chi connectivity index (χ1v) is 14.5. The monoisotopic (exact) mass is 634 g/mol. The van der Waals surface area contributed by atoms with Crippen LogP contribution in [0.3, 0.4) is 0 Å². The van der Waals surface area contributed by atoms with Crippen molar-refractivity contribution in [1.29, 1.82) is 0 Å². The topological polar surface area (TPSA) is 56.8 Å². The number of nitrogens with zero attached hydrogens (tertiary/aromatic N) is 4. The lowest BCUT2D eigenvalue weighted by Crippen LogP contribution is -2.54. The summed E-state index contributed by atoms with van der Waals surface area (Å²) < 4.78 is 95.9. The second-order valence-corrected chi connectivity index (χ2v) is 11.9. The van der Waals surface area contributed by atoms with Crippen molar-refractivity contribution in [3.8, 4) is 11.1 Å². The molecule has 13 heteroatoms. The lowest BCUT2D eigenvalue weighted by molar-refractivity contribution is -0.143. The Labute approximate surface area is 254 Å². The molecule has 6 rings (SSSR count). The van der Waals surface area contributed by atoms with Gasteiger partial charge in [0.05, 0.1) is 34.5 Å². The summed E-state index contributed by atoms with van der Waals surface area (Å²) in [6.07, 6.45) is -7.03. The average molecular weight is 635 g/mol. The Bertz CT molecular complexity index is 1650. The fraction of sp³-hybridized carbons (Fsp3) is 0.406. The molecule has 0 unspecified atom stereocenters. The van der Waals surface area contributed by atoms with E-state index in [-0.39, 0.29) is 42.1 Å². The van der Waals surface area contributed by atoms with Crippen LogP contribution < -0.4 is 9.80 Å². The van der Waals surface area contributed by atoms with Gasteiger partial charge in [-0.15, -0.1) is 0 Å². The lowest BCUT2D eigenvalue weighted by atomic mass is 9.90. The zero-order chi connectivity index (χ0) is 32.5. The van der Waals surface area contributed by atoms with Crippen LogP contribution in [0, 0.1) is 12.7 Å². The molecule has 0 spiro atoms. The number of aryl methyl sites for hydroxylation is 1. The third-order valence-electron chi connectivity index (χ3n) is 9.11. The molecule has 2 aliphatic heterocycles. The van der Waals surface area contributed by atoms with Crippen molar-refractivity contribution in [1.82, 2.24) is 9.88 Å².